The Labute approximate surface area is 113 Å². The lowest BCUT2D eigenvalue weighted by Gasteiger charge is -2.52. The van der Waals surface area contributed by atoms with Gasteiger partial charge in [-0.2, -0.15) is 0 Å². The number of amides is 1. The van der Waals surface area contributed by atoms with E-state index < -0.39 is 17.4 Å². The molecule has 0 aromatic heterocycles. The van der Waals surface area contributed by atoms with Gasteiger partial charge in [-0.1, -0.05) is 11.8 Å². The van der Waals surface area contributed by atoms with Gasteiger partial charge in [0.15, 0.2) is 5.12 Å². The highest BCUT2D eigenvalue weighted by molar-refractivity contribution is 8.13. The molecule has 0 aromatic rings. The molecule has 0 bridgehead atoms. The zero-order valence-electron chi connectivity index (χ0n) is 9.79. The molecule has 18 heavy (non-hydrogen) atoms. The van der Waals surface area contributed by atoms with Gasteiger partial charge in [0, 0.05) is 25.0 Å². The van der Waals surface area contributed by atoms with Crippen molar-refractivity contribution in [3.8, 4) is 0 Å². The molecule has 0 aliphatic carbocycles. The topological polar surface area (TPSA) is 101 Å². The van der Waals surface area contributed by atoms with E-state index in [9.17, 15) is 19.5 Å². The number of aliphatic carboxylic acids is 1. The fourth-order valence-electron chi connectivity index (χ4n) is 2.05. The van der Waals surface area contributed by atoms with E-state index in [0.29, 0.717) is 5.75 Å². The molecule has 2 rings (SSSR count). The highest BCUT2D eigenvalue weighted by Crippen LogP contribution is 2.42. The summed E-state index contributed by atoms with van der Waals surface area (Å²) in [5, 5.41) is 9.15. The molecule has 6 nitrogen and oxygen atoms in total. The number of hydrogen-bond donors (Lipinski definition) is 2. The number of hydrogen-bond acceptors (Lipinski definition) is 6. The van der Waals surface area contributed by atoms with E-state index in [4.69, 9.17) is 5.73 Å². The van der Waals surface area contributed by atoms with Gasteiger partial charge in [-0.05, 0) is 0 Å². The van der Waals surface area contributed by atoms with Gasteiger partial charge < -0.3 is 15.7 Å². The van der Waals surface area contributed by atoms with Crippen molar-refractivity contribution in [1.29, 1.82) is 0 Å². The summed E-state index contributed by atoms with van der Waals surface area (Å²) in [7, 11) is 0. The predicted molar refractivity (Wildman–Crippen MR) is 69.1 cm³/mol. The summed E-state index contributed by atoms with van der Waals surface area (Å²) in [6.45, 7) is 1.55. The molecular formula is C10H14N2O4S2. The molecule has 2 aliphatic rings. The number of β-lactam (4-membered cyclic amide) rings is 1. The average molecular weight is 290 g/mol. The first-order chi connectivity index (χ1) is 8.37. The molecule has 2 saturated heterocycles. The van der Waals surface area contributed by atoms with E-state index in [0.717, 1.165) is 11.8 Å². The third kappa shape index (κ3) is 2.12. The fraction of sp³-hybridized carbons (Fsp3) is 0.700. The summed E-state index contributed by atoms with van der Waals surface area (Å²) < 4.78 is 0. The Kier molecular flexibility index (Phi) is 3.61. The fourth-order valence-corrected chi connectivity index (χ4v) is 4.46. The van der Waals surface area contributed by atoms with E-state index >= 15 is 0 Å². The van der Waals surface area contributed by atoms with Crippen molar-refractivity contribution in [1.82, 2.24) is 4.90 Å². The van der Waals surface area contributed by atoms with Crippen LogP contribution in [0.5, 0.6) is 0 Å². The summed E-state index contributed by atoms with van der Waals surface area (Å²) >= 11 is 2.38. The summed E-state index contributed by atoms with van der Waals surface area (Å²) in [4.78, 5) is 35.5. The number of thioether (sulfide) groups is 2. The molecule has 2 heterocycles. The number of carboxylic acid groups (broad SMARTS) is 1. The lowest BCUT2D eigenvalue weighted by Crippen LogP contribution is -2.72. The van der Waals surface area contributed by atoms with Gasteiger partial charge in [-0.15, -0.1) is 11.8 Å². The van der Waals surface area contributed by atoms with Crippen molar-refractivity contribution < 1.29 is 19.5 Å². The second-order valence-corrected chi connectivity index (χ2v) is 6.82. The van der Waals surface area contributed by atoms with Crippen LogP contribution in [0.15, 0.2) is 0 Å². The number of rotatable bonds is 3. The van der Waals surface area contributed by atoms with Gasteiger partial charge in [-0.3, -0.25) is 14.4 Å². The maximum Gasteiger partial charge on any atom is 0.313 e. The molecule has 2 fully saturated rings. The van der Waals surface area contributed by atoms with Crippen LogP contribution in [0.4, 0.5) is 0 Å². The van der Waals surface area contributed by atoms with Crippen molar-refractivity contribution in [2.45, 2.75) is 18.3 Å². The molecule has 3 atom stereocenters. The molecule has 3 N–H and O–H groups in total. The van der Waals surface area contributed by atoms with Crippen LogP contribution in [0.1, 0.15) is 6.92 Å². The molecular weight excluding hydrogens is 276 g/mol. The zero-order valence-corrected chi connectivity index (χ0v) is 11.4. The van der Waals surface area contributed by atoms with Crippen molar-refractivity contribution >= 4 is 40.5 Å². The maximum absolute atomic E-state index is 11.6. The lowest BCUT2D eigenvalue weighted by atomic mass is 9.89. The average Bonchev–Trinajstić information content (AvgIpc) is 2.34. The first kappa shape index (κ1) is 13.7. The zero-order chi connectivity index (χ0) is 13.5. The largest absolute Gasteiger partial charge is 0.481 e. The number of fused-ring (bicyclic) bond motifs is 1. The molecule has 2 aliphatic heterocycles. The third-order valence-corrected chi connectivity index (χ3v) is 5.90. The summed E-state index contributed by atoms with van der Waals surface area (Å²) in [6.07, 6.45) is 0. The van der Waals surface area contributed by atoms with Crippen molar-refractivity contribution in [3.63, 3.8) is 0 Å². The Hall–Kier alpha value is -0.730. The van der Waals surface area contributed by atoms with Gasteiger partial charge in [0.05, 0.1) is 0 Å². The molecule has 0 saturated carbocycles. The third-order valence-electron chi connectivity index (χ3n) is 3.19. The molecule has 2 unspecified atom stereocenters. The number of nitrogens with zero attached hydrogens (tertiary/aromatic N) is 1. The van der Waals surface area contributed by atoms with E-state index in [-0.39, 0.29) is 28.7 Å². The van der Waals surface area contributed by atoms with Gasteiger partial charge in [0.25, 0.3) is 0 Å². The first-order valence-corrected chi connectivity index (χ1v) is 7.45. The maximum atomic E-state index is 11.6. The van der Waals surface area contributed by atoms with Crippen LogP contribution < -0.4 is 5.73 Å². The number of carbonyl (C=O) groups excluding carboxylic acids is 2. The summed E-state index contributed by atoms with van der Waals surface area (Å²) in [6, 6.07) is -0.512. The van der Waals surface area contributed by atoms with Crippen LogP contribution in [0.2, 0.25) is 0 Å². The van der Waals surface area contributed by atoms with Crippen LogP contribution in [-0.4, -0.2) is 56.5 Å². The van der Waals surface area contributed by atoms with E-state index in [1.165, 1.54) is 23.6 Å². The van der Waals surface area contributed by atoms with Crippen molar-refractivity contribution in [3.05, 3.63) is 0 Å². The molecule has 0 spiro atoms. The van der Waals surface area contributed by atoms with Crippen molar-refractivity contribution in [2.75, 3.05) is 18.1 Å². The highest BCUT2D eigenvalue weighted by atomic mass is 32.2. The normalized spacial score (nSPS) is 34.8. The lowest BCUT2D eigenvalue weighted by molar-refractivity contribution is -0.155. The number of carbonyl (C=O) groups is 3. The molecule has 100 valence electrons. The monoisotopic (exact) mass is 290 g/mol. The predicted octanol–water partition coefficient (Wildman–Crippen LogP) is -0.420. The van der Waals surface area contributed by atoms with Gasteiger partial charge in [0.1, 0.15) is 16.8 Å². The molecule has 1 amide bonds. The Morgan fingerprint density at radius 3 is 2.89 bits per heavy atom. The minimum Gasteiger partial charge on any atom is -0.481 e. The molecule has 0 radical (unpaired) electrons. The van der Waals surface area contributed by atoms with Gasteiger partial charge in [0.2, 0.25) is 5.91 Å². The highest BCUT2D eigenvalue weighted by Gasteiger charge is 2.55. The number of carboxylic acids is 1. The minimum atomic E-state index is -1.05. The minimum absolute atomic E-state index is 0.104. The van der Waals surface area contributed by atoms with Crippen LogP contribution in [-0.2, 0) is 14.4 Å². The first-order valence-electron chi connectivity index (χ1n) is 5.42. The van der Waals surface area contributed by atoms with Crippen molar-refractivity contribution in [2.24, 2.45) is 11.1 Å². The Morgan fingerprint density at radius 1 is 1.67 bits per heavy atom. The second kappa shape index (κ2) is 4.75. The van der Waals surface area contributed by atoms with E-state index in [1.54, 1.807) is 0 Å². The Bertz CT molecular complexity index is 417. The molecule has 8 heteroatoms. The standard InChI is InChI=1S/C10H14N2O4S2/c1-5(13)17-3-10(9(15)16)2-12-7(14)6(11)8(12)18-4-10/h6,8H,2-4,11H2,1H3,(H,15,16)/t6?,8-,10?/m1/s1. The second-order valence-electron chi connectivity index (χ2n) is 4.56. The van der Waals surface area contributed by atoms with Crippen LogP contribution in [0.25, 0.3) is 0 Å². The summed E-state index contributed by atoms with van der Waals surface area (Å²) in [5.74, 6) is -0.595. The Morgan fingerprint density at radius 2 is 2.33 bits per heavy atom. The Balaban J connectivity index is 2.11. The van der Waals surface area contributed by atoms with E-state index in [1.807, 2.05) is 0 Å². The summed E-state index contributed by atoms with van der Waals surface area (Å²) in [5.41, 5.74) is 4.60. The van der Waals surface area contributed by atoms with E-state index in [2.05, 4.69) is 0 Å². The SMILES string of the molecule is CC(=O)SCC1(C(=O)O)CS[C@@H]2C(N)C(=O)N2C1. The van der Waals surface area contributed by atoms with Crippen LogP contribution >= 0.6 is 23.5 Å². The van der Waals surface area contributed by atoms with Crippen LogP contribution in [0.3, 0.4) is 0 Å². The van der Waals surface area contributed by atoms with Gasteiger partial charge in [-0.25, -0.2) is 0 Å². The molecule has 0 aromatic carbocycles. The smallest absolute Gasteiger partial charge is 0.313 e. The quantitative estimate of drug-likeness (QED) is 0.681. The van der Waals surface area contributed by atoms with Gasteiger partial charge >= 0.3 is 5.97 Å². The number of nitrogens with two attached hydrogens (primary N) is 1. The van der Waals surface area contributed by atoms with Crippen LogP contribution in [0, 0.1) is 5.41 Å².